The molecule has 1 aromatic carbocycles. The highest BCUT2D eigenvalue weighted by Gasteiger charge is 2.31. The van der Waals surface area contributed by atoms with Crippen LogP contribution in [0.2, 0.25) is 0 Å². The molecule has 1 amide bonds. The van der Waals surface area contributed by atoms with E-state index in [1.165, 1.54) is 0 Å². The first-order valence-electron chi connectivity index (χ1n) is 7.78. The van der Waals surface area contributed by atoms with Gasteiger partial charge in [0.15, 0.2) is 0 Å². The minimum atomic E-state index is -0.599. The van der Waals surface area contributed by atoms with Crippen molar-refractivity contribution in [3.05, 3.63) is 66.0 Å². The highest BCUT2D eigenvalue weighted by atomic mass is 16.2. The summed E-state index contributed by atoms with van der Waals surface area (Å²) in [5.74, 6) is -0.000229. The molecule has 2 atom stereocenters. The molecule has 2 heterocycles. The molecule has 1 fully saturated rings. The van der Waals surface area contributed by atoms with E-state index >= 15 is 0 Å². The van der Waals surface area contributed by atoms with Crippen molar-refractivity contribution < 1.29 is 4.79 Å². The van der Waals surface area contributed by atoms with Crippen LogP contribution in [0.25, 0.3) is 0 Å². The summed E-state index contributed by atoms with van der Waals surface area (Å²) in [6.07, 6.45) is 6.74. The Balaban J connectivity index is 1.83. The molecule has 3 rings (SSSR count). The zero-order valence-electron chi connectivity index (χ0n) is 12.6. The quantitative estimate of drug-likeness (QED) is 0.947. The van der Waals surface area contributed by atoms with Crippen LogP contribution in [0, 0.1) is 0 Å². The molecule has 0 radical (unpaired) electrons. The normalized spacial score (nSPS) is 19.7. The zero-order valence-corrected chi connectivity index (χ0v) is 12.6. The minimum absolute atomic E-state index is 0.000229. The van der Waals surface area contributed by atoms with Gasteiger partial charge in [-0.25, -0.2) is 0 Å². The second-order valence-corrected chi connectivity index (χ2v) is 5.72. The molecule has 2 unspecified atom stereocenters. The average molecular weight is 295 g/mol. The first kappa shape index (κ1) is 14.7. The molecule has 4 nitrogen and oxygen atoms in total. The Morgan fingerprint density at radius 3 is 2.73 bits per heavy atom. The van der Waals surface area contributed by atoms with Crippen molar-refractivity contribution in [3.63, 3.8) is 0 Å². The summed E-state index contributed by atoms with van der Waals surface area (Å²) < 4.78 is 0. The van der Waals surface area contributed by atoms with Crippen LogP contribution in [0.1, 0.15) is 42.5 Å². The SMILES string of the molecule is NC(C(=O)N1CCCCC1c1cccnc1)c1ccccc1. The second-order valence-electron chi connectivity index (χ2n) is 5.72. The minimum Gasteiger partial charge on any atom is -0.334 e. The number of rotatable bonds is 3. The number of piperidine rings is 1. The third-order valence-electron chi connectivity index (χ3n) is 4.28. The smallest absolute Gasteiger partial charge is 0.244 e. The van der Waals surface area contributed by atoms with E-state index in [9.17, 15) is 4.79 Å². The molecule has 1 saturated heterocycles. The number of carbonyl (C=O) groups is 1. The van der Waals surface area contributed by atoms with Crippen LogP contribution in [0.5, 0.6) is 0 Å². The molecule has 1 aliphatic heterocycles. The largest absolute Gasteiger partial charge is 0.334 e. The lowest BCUT2D eigenvalue weighted by atomic mass is 9.94. The average Bonchev–Trinajstić information content (AvgIpc) is 2.62. The fourth-order valence-electron chi connectivity index (χ4n) is 3.10. The predicted molar refractivity (Wildman–Crippen MR) is 85.9 cm³/mol. The van der Waals surface area contributed by atoms with Crippen molar-refractivity contribution in [2.45, 2.75) is 31.3 Å². The Morgan fingerprint density at radius 1 is 1.18 bits per heavy atom. The second kappa shape index (κ2) is 6.71. The van der Waals surface area contributed by atoms with Crippen LogP contribution in [0.15, 0.2) is 54.9 Å². The number of nitrogens with zero attached hydrogens (tertiary/aromatic N) is 2. The van der Waals surface area contributed by atoms with Gasteiger partial charge in [-0.15, -0.1) is 0 Å². The van der Waals surface area contributed by atoms with Crippen LogP contribution in [0.3, 0.4) is 0 Å². The predicted octanol–water partition coefficient (Wildman–Crippen LogP) is 2.84. The lowest BCUT2D eigenvalue weighted by molar-refractivity contribution is -0.136. The van der Waals surface area contributed by atoms with Gasteiger partial charge in [-0.1, -0.05) is 36.4 Å². The maximum Gasteiger partial charge on any atom is 0.244 e. The van der Waals surface area contributed by atoms with Gasteiger partial charge < -0.3 is 10.6 Å². The number of carbonyl (C=O) groups excluding carboxylic acids is 1. The van der Waals surface area contributed by atoms with E-state index in [1.54, 1.807) is 6.20 Å². The van der Waals surface area contributed by atoms with Crippen molar-refractivity contribution in [1.82, 2.24) is 9.88 Å². The summed E-state index contributed by atoms with van der Waals surface area (Å²) in [5, 5.41) is 0. The third-order valence-corrected chi connectivity index (χ3v) is 4.28. The molecule has 22 heavy (non-hydrogen) atoms. The zero-order chi connectivity index (χ0) is 15.4. The van der Waals surface area contributed by atoms with Gasteiger partial charge in [-0.05, 0) is 36.5 Å². The lowest BCUT2D eigenvalue weighted by Crippen LogP contribution is -2.43. The number of likely N-dealkylation sites (tertiary alicyclic amines) is 1. The number of hydrogen-bond donors (Lipinski definition) is 1. The highest BCUT2D eigenvalue weighted by Crippen LogP contribution is 2.32. The summed E-state index contributed by atoms with van der Waals surface area (Å²) in [5.41, 5.74) is 8.16. The Bertz CT molecular complexity index is 615. The fourth-order valence-corrected chi connectivity index (χ4v) is 3.10. The van der Waals surface area contributed by atoms with Crippen LogP contribution in [0.4, 0.5) is 0 Å². The van der Waals surface area contributed by atoms with Crippen LogP contribution >= 0.6 is 0 Å². The molecule has 0 aliphatic carbocycles. The van der Waals surface area contributed by atoms with E-state index in [0.29, 0.717) is 0 Å². The molecule has 2 aromatic rings. The molecule has 0 saturated carbocycles. The van der Waals surface area contributed by atoms with E-state index in [0.717, 1.165) is 36.9 Å². The Kier molecular flexibility index (Phi) is 4.49. The number of benzene rings is 1. The van der Waals surface area contributed by atoms with Gasteiger partial charge in [0.1, 0.15) is 6.04 Å². The van der Waals surface area contributed by atoms with Crippen molar-refractivity contribution in [3.8, 4) is 0 Å². The van der Waals surface area contributed by atoms with E-state index < -0.39 is 6.04 Å². The van der Waals surface area contributed by atoms with Gasteiger partial charge in [-0.2, -0.15) is 0 Å². The van der Waals surface area contributed by atoms with Crippen molar-refractivity contribution in [1.29, 1.82) is 0 Å². The maximum absolute atomic E-state index is 12.9. The first-order valence-corrected chi connectivity index (χ1v) is 7.78. The molecular weight excluding hydrogens is 274 g/mol. The fraction of sp³-hybridized carbons (Fsp3) is 0.333. The summed E-state index contributed by atoms with van der Waals surface area (Å²) >= 11 is 0. The molecule has 0 spiro atoms. The van der Waals surface area contributed by atoms with Gasteiger partial charge in [0.05, 0.1) is 6.04 Å². The van der Waals surface area contributed by atoms with E-state index in [-0.39, 0.29) is 11.9 Å². The Labute approximate surface area is 131 Å². The number of amides is 1. The number of aromatic nitrogens is 1. The lowest BCUT2D eigenvalue weighted by Gasteiger charge is -2.37. The number of nitrogens with two attached hydrogens (primary N) is 1. The monoisotopic (exact) mass is 295 g/mol. The molecule has 4 heteroatoms. The summed E-state index contributed by atoms with van der Waals surface area (Å²) in [4.78, 5) is 19.0. The van der Waals surface area contributed by atoms with Gasteiger partial charge in [0, 0.05) is 18.9 Å². The molecule has 0 bridgehead atoms. The topological polar surface area (TPSA) is 59.2 Å². The van der Waals surface area contributed by atoms with E-state index in [4.69, 9.17) is 5.73 Å². The molecular formula is C18H21N3O. The van der Waals surface area contributed by atoms with Crippen LogP contribution in [-0.2, 0) is 4.79 Å². The third kappa shape index (κ3) is 3.02. The highest BCUT2D eigenvalue weighted by molar-refractivity contribution is 5.83. The summed E-state index contributed by atoms with van der Waals surface area (Å²) in [6.45, 7) is 0.763. The first-order chi connectivity index (χ1) is 10.8. The van der Waals surface area contributed by atoms with Gasteiger partial charge >= 0.3 is 0 Å². The van der Waals surface area contributed by atoms with Crippen LogP contribution < -0.4 is 5.73 Å². The maximum atomic E-state index is 12.9. The number of hydrogen-bond acceptors (Lipinski definition) is 3. The van der Waals surface area contributed by atoms with Crippen molar-refractivity contribution in [2.24, 2.45) is 5.73 Å². The Morgan fingerprint density at radius 2 is 2.00 bits per heavy atom. The summed E-state index contributed by atoms with van der Waals surface area (Å²) in [7, 11) is 0. The summed E-state index contributed by atoms with van der Waals surface area (Å²) in [6, 6.07) is 13.0. The van der Waals surface area contributed by atoms with Gasteiger partial charge in [0.25, 0.3) is 0 Å². The molecule has 1 aromatic heterocycles. The van der Waals surface area contributed by atoms with Crippen molar-refractivity contribution >= 4 is 5.91 Å². The van der Waals surface area contributed by atoms with Gasteiger partial charge in [0.2, 0.25) is 5.91 Å². The van der Waals surface area contributed by atoms with Crippen LogP contribution in [-0.4, -0.2) is 22.3 Å². The van der Waals surface area contributed by atoms with E-state index in [1.807, 2.05) is 53.6 Å². The van der Waals surface area contributed by atoms with Gasteiger partial charge in [-0.3, -0.25) is 9.78 Å². The standard InChI is InChI=1S/C18H21N3O/c19-17(14-7-2-1-3-8-14)18(22)21-12-5-4-10-16(21)15-9-6-11-20-13-15/h1-3,6-9,11,13,16-17H,4-5,10,12,19H2. The Hall–Kier alpha value is -2.20. The number of pyridine rings is 1. The molecule has 114 valence electrons. The van der Waals surface area contributed by atoms with Crippen molar-refractivity contribution in [2.75, 3.05) is 6.54 Å². The molecule has 1 aliphatic rings. The van der Waals surface area contributed by atoms with E-state index in [2.05, 4.69) is 4.98 Å². The molecule has 2 N–H and O–H groups in total.